The Morgan fingerprint density at radius 3 is 2.52 bits per heavy atom. The maximum absolute atomic E-state index is 13.0. The molecule has 0 bridgehead atoms. The molecule has 0 spiro atoms. The van der Waals surface area contributed by atoms with Gasteiger partial charge in [-0.3, -0.25) is 9.59 Å². The van der Waals surface area contributed by atoms with Crippen molar-refractivity contribution < 1.29 is 9.59 Å². The zero-order valence-corrected chi connectivity index (χ0v) is 17.2. The van der Waals surface area contributed by atoms with Gasteiger partial charge in [0.2, 0.25) is 5.91 Å². The van der Waals surface area contributed by atoms with Crippen molar-refractivity contribution in [2.24, 2.45) is 5.92 Å². The summed E-state index contributed by atoms with van der Waals surface area (Å²) in [7, 11) is 0. The number of piperidine rings is 1. The van der Waals surface area contributed by atoms with Crippen LogP contribution in [0.2, 0.25) is 0 Å². The number of carbonyl (C=O) groups is 2. The average Bonchev–Trinajstić information content (AvgIpc) is 2.85. The topological polar surface area (TPSA) is 61.4 Å². The first kappa shape index (κ1) is 19.5. The average molecular weight is 392 g/mol. The molecule has 29 heavy (non-hydrogen) atoms. The first-order valence-corrected chi connectivity index (χ1v) is 10.5. The van der Waals surface area contributed by atoms with Crippen LogP contribution in [0.3, 0.4) is 0 Å². The van der Waals surface area contributed by atoms with Crippen molar-refractivity contribution in [3.8, 4) is 0 Å². The molecule has 2 heterocycles. The fourth-order valence-electron chi connectivity index (χ4n) is 4.28. The van der Waals surface area contributed by atoms with Crippen LogP contribution in [0.4, 0.5) is 11.4 Å². The summed E-state index contributed by atoms with van der Waals surface area (Å²) in [5.74, 6) is 0.705. The van der Waals surface area contributed by atoms with Crippen molar-refractivity contribution >= 4 is 23.2 Å². The molecule has 2 aromatic carbocycles. The second-order valence-corrected chi connectivity index (χ2v) is 8.48. The number of hydrogen-bond donors (Lipinski definition) is 2. The van der Waals surface area contributed by atoms with Gasteiger partial charge in [0.1, 0.15) is 0 Å². The van der Waals surface area contributed by atoms with Gasteiger partial charge in [-0.05, 0) is 62.8 Å². The number of likely N-dealkylation sites (tertiary alicyclic amines) is 1. The van der Waals surface area contributed by atoms with Crippen molar-refractivity contribution in [1.82, 2.24) is 4.90 Å². The maximum atomic E-state index is 13.0. The van der Waals surface area contributed by atoms with E-state index < -0.39 is 0 Å². The van der Waals surface area contributed by atoms with E-state index in [-0.39, 0.29) is 17.9 Å². The van der Waals surface area contributed by atoms with Crippen LogP contribution < -0.4 is 10.6 Å². The predicted molar refractivity (Wildman–Crippen MR) is 116 cm³/mol. The Kier molecular flexibility index (Phi) is 5.56. The fourth-order valence-corrected chi connectivity index (χ4v) is 4.28. The molecule has 152 valence electrons. The summed E-state index contributed by atoms with van der Waals surface area (Å²) in [5.41, 5.74) is 4.92. The third-order valence-corrected chi connectivity index (χ3v) is 5.98. The number of fused-ring (bicyclic) bond motifs is 1. The number of hydrogen-bond acceptors (Lipinski definition) is 3. The van der Waals surface area contributed by atoms with Crippen molar-refractivity contribution in [3.63, 3.8) is 0 Å². The number of benzene rings is 2. The Hall–Kier alpha value is -2.82. The van der Waals surface area contributed by atoms with Gasteiger partial charge in [0.05, 0.1) is 11.4 Å². The standard InChI is InChI=1S/C24H29N3O2/c1-16-3-5-18(6-4-16)14-19-9-11-27(12-10-19)24(29)20-7-8-21-22(15-20)25-17(2)13-23(28)26-21/h3-8,15,17,19,25H,9-14H2,1-2H3,(H,26,28). The lowest BCUT2D eigenvalue weighted by atomic mass is 9.89. The quantitative estimate of drug-likeness (QED) is 0.823. The zero-order chi connectivity index (χ0) is 20.4. The van der Waals surface area contributed by atoms with Crippen LogP contribution in [-0.2, 0) is 11.2 Å². The maximum Gasteiger partial charge on any atom is 0.253 e. The monoisotopic (exact) mass is 391 g/mol. The van der Waals surface area contributed by atoms with Gasteiger partial charge in [-0.25, -0.2) is 0 Å². The van der Waals surface area contributed by atoms with E-state index >= 15 is 0 Å². The lowest BCUT2D eigenvalue weighted by molar-refractivity contribution is -0.116. The Morgan fingerprint density at radius 2 is 1.79 bits per heavy atom. The van der Waals surface area contributed by atoms with Crippen LogP contribution in [0.15, 0.2) is 42.5 Å². The molecule has 2 aromatic rings. The highest BCUT2D eigenvalue weighted by molar-refractivity contribution is 6.00. The van der Waals surface area contributed by atoms with Crippen molar-refractivity contribution in [2.45, 2.75) is 45.6 Å². The molecule has 1 unspecified atom stereocenters. The number of amides is 2. The summed E-state index contributed by atoms with van der Waals surface area (Å²) in [5, 5.41) is 6.24. The Morgan fingerprint density at radius 1 is 1.07 bits per heavy atom. The highest BCUT2D eigenvalue weighted by Crippen LogP contribution is 2.29. The van der Waals surface area contributed by atoms with Gasteiger partial charge in [-0.2, -0.15) is 0 Å². The van der Waals surface area contributed by atoms with E-state index in [0.717, 1.165) is 43.7 Å². The molecular weight excluding hydrogens is 362 g/mol. The molecule has 1 fully saturated rings. The SMILES string of the molecule is Cc1ccc(CC2CCN(C(=O)c3ccc4c(c3)NC(C)CC(=O)N4)CC2)cc1. The van der Waals surface area contributed by atoms with Crippen LogP contribution in [0.5, 0.6) is 0 Å². The van der Waals surface area contributed by atoms with Gasteiger partial charge in [-0.15, -0.1) is 0 Å². The summed E-state index contributed by atoms with van der Waals surface area (Å²) in [6.07, 6.45) is 3.58. The second-order valence-electron chi connectivity index (χ2n) is 8.48. The third-order valence-electron chi connectivity index (χ3n) is 5.98. The number of nitrogens with one attached hydrogen (secondary N) is 2. The van der Waals surface area contributed by atoms with E-state index in [9.17, 15) is 9.59 Å². The first-order valence-electron chi connectivity index (χ1n) is 10.5. The van der Waals surface area contributed by atoms with Crippen molar-refractivity contribution in [1.29, 1.82) is 0 Å². The molecule has 2 aliphatic rings. The normalized spacial score (nSPS) is 19.7. The van der Waals surface area contributed by atoms with Crippen LogP contribution in [0.25, 0.3) is 0 Å². The number of rotatable bonds is 3. The molecule has 5 nitrogen and oxygen atoms in total. The highest BCUT2D eigenvalue weighted by atomic mass is 16.2. The van der Waals surface area contributed by atoms with Gasteiger partial charge < -0.3 is 15.5 Å². The Bertz CT molecular complexity index is 899. The first-order chi connectivity index (χ1) is 14.0. The summed E-state index contributed by atoms with van der Waals surface area (Å²) in [4.78, 5) is 26.9. The Balaban J connectivity index is 1.38. The lowest BCUT2D eigenvalue weighted by Crippen LogP contribution is -2.39. The van der Waals surface area contributed by atoms with E-state index in [0.29, 0.717) is 17.9 Å². The minimum atomic E-state index is -0.00141. The minimum absolute atomic E-state index is 0.00141. The molecule has 0 saturated carbocycles. The van der Waals surface area contributed by atoms with E-state index in [2.05, 4.69) is 41.8 Å². The lowest BCUT2D eigenvalue weighted by Gasteiger charge is -2.32. The van der Waals surface area contributed by atoms with Crippen molar-refractivity contribution in [2.75, 3.05) is 23.7 Å². The van der Waals surface area contributed by atoms with E-state index in [1.165, 1.54) is 11.1 Å². The molecule has 2 aliphatic heterocycles. The molecule has 1 saturated heterocycles. The molecule has 2 amide bonds. The molecule has 4 rings (SSSR count). The van der Waals surface area contributed by atoms with E-state index in [4.69, 9.17) is 0 Å². The highest BCUT2D eigenvalue weighted by Gasteiger charge is 2.25. The third kappa shape index (κ3) is 4.61. The van der Waals surface area contributed by atoms with Gasteiger partial charge in [0, 0.05) is 31.1 Å². The molecule has 0 aromatic heterocycles. The van der Waals surface area contributed by atoms with Crippen LogP contribution in [0.1, 0.15) is 47.7 Å². The van der Waals surface area contributed by atoms with Gasteiger partial charge in [-0.1, -0.05) is 29.8 Å². The number of aryl methyl sites for hydroxylation is 1. The molecule has 2 N–H and O–H groups in total. The van der Waals surface area contributed by atoms with E-state index in [1.807, 2.05) is 30.0 Å². The van der Waals surface area contributed by atoms with Gasteiger partial charge in [0.15, 0.2) is 0 Å². The largest absolute Gasteiger partial charge is 0.380 e. The number of carbonyl (C=O) groups excluding carboxylic acids is 2. The number of anilines is 2. The number of nitrogens with zero attached hydrogens (tertiary/aromatic N) is 1. The zero-order valence-electron chi connectivity index (χ0n) is 17.2. The van der Waals surface area contributed by atoms with Crippen LogP contribution >= 0.6 is 0 Å². The van der Waals surface area contributed by atoms with Gasteiger partial charge in [0.25, 0.3) is 5.91 Å². The summed E-state index contributed by atoms with van der Waals surface area (Å²) in [6, 6.07) is 14.3. The second kappa shape index (κ2) is 8.27. The molecular formula is C24H29N3O2. The molecule has 0 aliphatic carbocycles. The fraction of sp³-hybridized carbons (Fsp3) is 0.417. The summed E-state index contributed by atoms with van der Waals surface area (Å²) in [6.45, 7) is 5.68. The smallest absolute Gasteiger partial charge is 0.253 e. The van der Waals surface area contributed by atoms with E-state index in [1.54, 1.807) is 0 Å². The Labute approximate surface area is 172 Å². The molecule has 5 heteroatoms. The van der Waals surface area contributed by atoms with Crippen molar-refractivity contribution in [3.05, 3.63) is 59.2 Å². The van der Waals surface area contributed by atoms with Crippen LogP contribution in [0, 0.1) is 12.8 Å². The summed E-state index contributed by atoms with van der Waals surface area (Å²) < 4.78 is 0. The summed E-state index contributed by atoms with van der Waals surface area (Å²) >= 11 is 0. The molecule has 1 atom stereocenters. The molecule has 0 radical (unpaired) electrons. The van der Waals surface area contributed by atoms with Gasteiger partial charge >= 0.3 is 0 Å². The van der Waals surface area contributed by atoms with Crippen LogP contribution in [-0.4, -0.2) is 35.8 Å². The minimum Gasteiger partial charge on any atom is -0.380 e. The predicted octanol–water partition coefficient (Wildman–Crippen LogP) is 4.23.